The summed E-state index contributed by atoms with van der Waals surface area (Å²) >= 11 is 13.7. The van der Waals surface area contributed by atoms with Crippen molar-refractivity contribution in [3.63, 3.8) is 0 Å². The first-order valence-corrected chi connectivity index (χ1v) is 11.9. The summed E-state index contributed by atoms with van der Waals surface area (Å²) in [6.45, 7) is 1.59. The Morgan fingerprint density at radius 2 is 1.86 bits per heavy atom. The van der Waals surface area contributed by atoms with Gasteiger partial charge in [-0.1, -0.05) is 41.4 Å². The fraction of sp³-hybridized carbons (Fsp3) is 0.200. The van der Waals surface area contributed by atoms with Gasteiger partial charge in [-0.15, -0.1) is 11.3 Å². The van der Waals surface area contributed by atoms with Crippen LogP contribution in [0.2, 0.25) is 10.0 Å². The Hall–Kier alpha value is -1.51. The van der Waals surface area contributed by atoms with Gasteiger partial charge < -0.3 is 4.90 Å². The summed E-state index contributed by atoms with van der Waals surface area (Å²) in [6, 6.07) is 14.2. The number of fused-ring (bicyclic) bond motifs is 1. The van der Waals surface area contributed by atoms with Gasteiger partial charge in [-0.05, 0) is 58.8 Å². The van der Waals surface area contributed by atoms with E-state index in [1.165, 1.54) is 6.07 Å². The van der Waals surface area contributed by atoms with Crippen molar-refractivity contribution in [1.82, 2.24) is 4.90 Å². The molecule has 4 nitrogen and oxygen atoms in total. The lowest BCUT2D eigenvalue weighted by Gasteiger charge is -2.33. The van der Waals surface area contributed by atoms with Crippen molar-refractivity contribution in [2.45, 2.75) is 16.7 Å². The molecule has 0 aliphatic carbocycles. The lowest BCUT2D eigenvalue weighted by atomic mass is 9.85. The van der Waals surface area contributed by atoms with Crippen LogP contribution in [0.15, 0.2) is 52.7 Å². The monoisotopic (exact) mass is 462 g/mol. The molecule has 3 aromatic rings. The molecule has 1 aliphatic heterocycles. The SMILES string of the molecule is [B]c1ccc(S(=O)(=O)Nc2ccc(C3CN(C)Cc4c(Cl)cc(Cl)cc43)cc2)s1. The van der Waals surface area contributed by atoms with Gasteiger partial charge in [0.05, 0.1) is 0 Å². The number of halogens is 2. The van der Waals surface area contributed by atoms with Crippen LogP contribution in [0.3, 0.4) is 0 Å². The molecule has 0 saturated carbocycles. The molecule has 0 amide bonds. The fourth-order valence-corrected chi connectivity index (χ4v) is 6.32. The number of nitrogens with zero attached hydrogens (tertiary/aromatic N) is 1. The lowest BCUT2D eigenvalue weighted by molar-refractivity contribution is 0.295. The predicted octanol–water partition coefficient (Wildman–Crippen LogP) is 4.23. The average Bonchev–Trinajstić information content (AvgIpc) is 3.10. The highest BCUT2D eigenvalue weighted by Crippen LogP contribution is 2.38. The lowest BCUT2D eigenvalue weighted by Crippen LogP contribution is -2.31. The minimum absolute atomic E-state index is 0.0997. The molecule has 0 spiro atoms. The predicted molar refractivity (Wildman–Crippen MR) is 122 cm³/mol. The molecule has 0 bridgehead atoms. The Balaban J connectivity index is 1.62. The number of rotatable bonds is 4. The number of benzene rings is 2. The van der Waals surface area contributed by atoms with Crippen LogP contribution in [0.1, 0.15) is 22.6 Å². The minimum atomic E-state index is -3.65. The van der Waals surface area contributed by atoms with Gasteiger partial charge in [-0.25, -0.2) is 8.42 Å². The molecule has 148 valence electrons. The van der Waals surface area contributed by atoms with E-state index in [0.29, 0.717) is 20.5 Å². The summed E-state index contributed by atoms with van der Waals surface area (Å²) in [5.74, 6) is 0.0997. The Bertz CT molecular complexity index is 1160. The van der Waals surface area contributed by atoms with Gasteiger partial charge in [0.25, 0.3) is 10.0 Å². The number of anilines is 1. The van der Waals surface area contributed by atoms with Crippen molar-refractivity contribution >= 4 is 62.9 Å². The average molecular weight is 463 g/mol. The quantitative estimate of drug-likeness (QED) is 0.590. The molecule has 1 aliphatic rings. The smallest absolute Gasteiger partial charge is 0.271 e. The normalized spacial score (nSPS) is 17.1. The number of thiophene rings is 1. The van der Waals surface area contributed by atoms with Crippen LogP contribution in [0.4, 0.5) is 5.69 Å². The van der Waals surface area contributed by atoms with Gasteiger partial charge in [-0.2, -0.15) is 0 Å². The molecule has 1 atom stereocenters. The molecule has 1 aromatic heterocycles. The largest absolute Gasteiger partial charge is 0.301 e. The van der Waals surface area contributed by atoms with Gasteiger partial charge >= 0.3 is 0 Å². The van der Waals surface area contributed by atoms with Crippen LogP contribution in [0.25, 0.3) is 0 Å². The van der Waals surface area contributed by atoms with Crippen molar-refractivity contribution in [3.05, 3.63) is 75.3 Å². The fourth-order valence-electron chi connectivity index (χ4n) is 3.60. The maximum absolute atomic E-state index is 12.5. The Morgan fingerprint density at radius 3 is 2.52 bits per heavy atom. The first-order chi connectivity index (χ1) is 13.7. The van der Waals surface area contributed by atoms with E-state index in [-0.39, 0.29) is 10.1 Å². The summed E-state index contributed by atoms with van der Waals surface area (Å²) in [5.41, 5.74) is 3.76. The number of hydrogen-bond donors (Lipinski definition) is 1. The van der Waals surface area contributed by atoms with Crippen molar-refractivity contribution < 1.29 is 8.42 Å². The second-order valence-corrected chi connectivity index (χ2v) is 11.0. The van der Waals surface area contributed by atoms with Gasteiger partial charge in [0.1, 0.15) is 12.1 Å². The summed E-state index contributed by atoms with van der Waals surface area (Å²) in [5, 5.41) is 1.28. The van der Waals surface area contributed by atoms with Gasteiger partial charge in [0.15, 0.2) is 0 Å². The standard InChI is InChI=1S/C20H17BCl2N2O2S2/c1-25-10-16(15-8-13(22)9-18(23)17(15)11-25)12-2-4-14(5-3-12)24-29(26,27)20-7-6-19(21)28-20/h2-9,16,24H,10-11H2,1H3. The van der Waals surface area contributed by atoms with E-state index in [1.54, 1.807) is 24.3 Å². The summed E-state index contributed by atoms with van der Waals surface area (Å²) in [7, 11) is 4.04. The summed E-state index contributed by atoms with van der Waals surface area (Å²) in [4.78, 5) is 2.21. The number of nitrogens with one attached hydrogen (secondary N) is 1. The molecule has 0 saturated heterocycles. The third-order valence-corrected chi connectivity index (χ3v) is 8.27. The van der Waals surface area contributed by atoms with E-state index in [9.17, 15) is 8.42 Å². The molecule has 29 heavy (non-hydrogen) atoms. The molecule has 1 N–H and O–H groups in total. The van der Waals surface area contributed by atoms with E-state index in [1.807, 2.05) is 18.2 Å². The number of sulfonamides is 1. The van der Waals surface area contributed by atoms with E-state index < -0.39 is 10.0 Å². The third kappa shape index (κ3) is 4.34. The molecule has 2 radical (unpaired) electrons. The Labute approximate surface area is 185 Å². The first-order valence-electron chi connectivity index (χ1n) is 8.87. The highest BCUT2D eigenvalue weighted by atomic mass is 35.5. The molecular weight excluding hydrogens is 446 g/mol. The van der Waals surface area contributed by atoms with Gasteiger partial charge in [0, 0.05) is 34.7 Å². The molecule has 1 unspecified atom stereocenters. The second kappa shape index (κ2) is 7.97. The molecule has 9 heteroatoms. The van der Waals surface area contributed by atoms with Crippen molar-refractivity contribution in [1.29, 1.82) is 0 Å². The van der Waals surface area contributed by atoms with Crippen LogP contribution >= 0.6 is 34.5 Å². The number of hydrogen-bond acceptors (Lipinski definition) is 4. The second-order valence-electron chi connectivity index (χ2n) is 7.09. The molecule has 4 rings (SSSR count). The first kappa shape index (κ1) is 20.8. The van der Waals surface area contributed by atoms with E-state index >= 15 is 0 Å². The van der Waals surface area contributed by atoms with Crippen LogP contribution in [0.5, 0.6) is 0 Å². The van der Waals surface area contributed by atoms with E-state index in [2.05, 4.69) is 16.7 Å². The van der Waals surface area contributed by atoms with Crippen molar-refractivity contribution in [2.24, 2.45) is 0 Å². The topological polar surface area (TPSA) is 49.4 Å². The number of likely N-dealkylation sites (N-methyl/N-ethyl adjacent to an activating group) is 1. The molecule has 0 fully saturated rings. The van der Waals surface area contributed by atoms with Crippen LogP contribution < -0.4 is 9.50 Å². The summed E-state index contributed by atoms with van der Waals surface area (Å²) < 4.78 is 28.2. The molecule has 2 aromatic carbocycles. The van der Waals surface area contributed by atoms with Crippen LogP contribution in [0, 0.1) is 0 Å². The third-order valence-electron chi connectivity index (χ3n) is 4.92. The highest BCUT2D eigenvalue weighted by Gasteiger charge is 2.27. The van der Waals surface area contributed by atoms with Crippen molar-refractivity contribution in [3.8, 4) is 0 Å². The van der Waals surface area contributed by atoms with Gasteiger partial charge in [-0.3, -0.25) is 4.72 Å². The minimum Gasteiger partial charge on any atom is -0.301 e. The Kier molecular flexibility index (Phi) is 5.70. The molecular formula is C20H17BCl2N2O2S2. The van der Waals surface area contributed by atoms with E-state index in [4.69, 9.17) is 31.0 Å². The van der Waals surface area contributed by atoms with Crippen molar-refractivity contribution in [2.75, 3.05) is 18.3 Å². The Morgan fingerprint density at radius 1 is 1.14 bits per heavy atom. The zero-order chi connectivity index (χ0) is 20.8. The summed E-state index contributed by atoms with van der Waals surface area (Å²) in [6.07, 6.45) is 0. The highest BCUT2D eigenvalue weighted by molar-refractivity contribution is 7.94. The van der Waals surface area contributed by atoms with Crippen LogP contribution in [-0.4, -0.2) is 34.8 Å². The van der Waals surface area contributed by atoms with Gasteiger partial charge in [0.2, 0.25) is 0 Å². The van der Waals surface area contributed by atoms with E-state index in [0.717, 1.165) is 41.1 Å². The maximum Gasteiger partial charge on any atom is 0.271 e. The molecule has 2 heterocycles. The maximum atomic E-state index is 12.5. The zero-order valence-electron chi connectivity index (χ0n) is 15.5. The van der Waals surface area contributed by atoms with Crippen LogP contribution in [-0.2, 0) is 16.6 Å². The zero-order valence-corrected chi connectivity index (χ0v) is 18.7.